The average Bonchev–Trinajstić information content (AvgIpc) is 3.22. The lowest BCUT2D eigenvalue weighted by Crippen LogP contribution is -2.55. The second-order valence-corrected chi connectivity index (χ2v) is 8.97. The standard InChI is InChI=1S/C23H40N2O3/c1-3-19-7-5-6-8-22(19)25(23(27)16-26)20-11-13-24(14-12-20)21-10-9-18(15-21)17-28-4-2/h3,18-22,26H,1,4-17H2,2H3/t18-,19?,21+,22?/m0/s1. The van der Waals surface area contributed by atoms with Crippen molar-refractivity contribution in [2.24, 2.45) is 11.8 Å². The Balaban J connectivity index is 1.56. The molecule has 0 radical (unpaired) electrons. The number of piperidine rings is 1. The van der Waals surface area contributed by atoms with Crippen LogP contribution in [-0.2, 0) is 9.53 Å². The van der Waals surface area contributed by atoms with E-state index in [1.165, 1.54) is 32.1 Å². The van der Waals surface area contributed by atoms with E-state index in [4.69, 9.17) is 4.74 Å². The maximum Gasteiger partial charge on any atom is 0.248 e. The fourth-order valence-corrected chi connectivity index (χ4v) is 5.85. The molecular formula is C23H40N2O3. The Kier molecular flexibility index (Phi) is 8.36. The lowest BCUT2D eigenvalue weighted by atomic mass is 9.82. The van der Waals surface area contributed by atoms with Crippen molar-refractivity contribution in [3.63, 3.8) is 0 Å². The zero-order valence-electron chi connectivity index (χ0n) is 17.7. The van der Waals surface area contributed by atoms with E-state index in [1.807, 2.05) is 6.08 Å². The van der Waals surface area contributed by atoms with Crippen LogP contribution in [0.4, 0.5) is 0 Å². The lowest BCUT2D eigenvalue weighted by Gasteiger charge is -2.46. The Morgan fingerprint density at radius 2 is 1.93 bits per heavy atom. The molecule has 0 aromatic rings. The van der Waals surface area contributed by atoms with E-state index < -0.39 is 0 Å². The maximum atomic E-state index is 12.7. The second kappa shape index (κ2) is 10.7. The van der Waals surface area contributed by atoms with Gasteiger partial charge in [0.15, 0.2) is 0 Å². The molecule has 2 unspecified atom stereocenters. The number of hydrogen-bond donors (Lipinski definition) is 1. The van der Waals surface area contributed by atoms with E-state index >= 15 is 0 Å². The van der Waals surface area contributed by atoms with Crippen molar-refractivity contribution in [2.45, 2.75) is 82.8 Å². The van der Waals surface area contributed by atoms with Gasteiger partial charge in [0.25, 0.3) is 0 Å². The van der Waals surface area contributed by atoms with Crippen LogP contribution in [-0.4, -0.2) is 71.8 Å². The molecule has 1 aliphatic heterocycles. The number of ether oxygens (including phenoxy) is 1. The number of rotatable bonds is 8. The van der Waals surface area contributed by atoms with E-state index in [2.05, 4.69) is 23.3 Å². The van der Waals surface area contributed by atoms with Gasteiger partial charge in [-0.25, -0.2) is 0 Å². The maximum absolute atomic E-state index is 12.7. The van der Waals surface area contributed by atoms with Gasteiger partial charge in [0.2, 0.25) is 5.91 Å². The minimum atomic E-state index is -0.373. The van der Waals surface area contributed by atoms with Crippen LogP contribution in [0.2, 0.25) is 0 Å². The van der Waals surface area contributed by atoms with Crippen molar-refractivity contribution in [1.29, 1.82) is 0 Å². The summed E-state index contributed by atoms with van der Waals surface area (Å²) in [6.45, 7) is 9.57. The lowest BCUT2D eigenvalue weighted by molar-refractivity contribution is -0.142. The topological polar surface area (TPSA) is 53.0 Å². The van der Waals surface area contributed by atoms with Gasteiger partial charge in [0, 0.05) is 44.4 Å². The molecule has 3 rings (SSSR count). The van der Waals surface area contributed by atoms with Crippen LogP contribution in [0.5, 0.6) is 0 Å². The second-order valence-electron chi connectivity index (χ2n) is 8.97. The molecule has 1 amide bonds. The third kappa shape index (κ3) is 5.17. The molecule has 2 aliphatic carbocycles. The quantitative estimate of drug-likeness (QED) is 0.645. The van der Waals surface area contributed by atoms with E-state index in [1.54, 1.807) is 0 Å². The molecule has 5 heteroatoms. The minimum Gasteiger partial charge on any atom is -0.387 e. The predicted molar refractivity (Wildman–Crippen MR) is 112 cm³/mol. The van der Waals surface area contributed by atoms with E-state index in [0.29, 0.717) is 17.9 Å². The number of amides is 1. The Hall–Kier alpha value is -0.910. The Morgan fingerprint density at radius 1 is 1.18 bits per heavy atom. The summed E-state index contributed by atoms with van der Waals surface area (Å²) in [6.07, 6.45) is 12.5. The van der Waals surface area contributed by atoms with Gasteiger partial charge in [-0.3, -0.25) is 4.79 Å². The van der Waals surface area contributed by atoms with Crippen LogP contribution >= 0.6 is 0 Å². The highest BCUT2D eigenvalue weighted by Crippen LogP contribution is 2.35. The molecule has 1 heterocycles. The molecule has 0 aromatic heterocycles. The van der Waals surface area contributed by atoms with E-state index in [-0.39, 0.29) is 24.6 Å². The van der Waals surface area contributed by atoms with Crippen molar-refractivity contribution >= 4 is 5.91 Å². The number of carbonyl (C=O) groups is 1. The summed E-state index contributed by atoms with van der Waals surface area (Å²) >= 11 is 0. The van der Waals surface area contributed by atoms with Gasteiger partial charge in [-0.15, -0.1) is 6.58 Å². The van der Waals surface area contributed by atoms with Crippen LogP contribution in [0.1, 0.15) is 64.7 Å². The molecule has 4 atom stereocenters. The summed E-state index contributed by atoms with van der Waals surface area (Å²) in [5.74, 6) is 0.997. The van der Waals surface area contributed by atoms with Crippen LogP contribution in [0.25, 0.3) is 0 Å². The first kappa shape index (κ1) is 21.8. The zero-order valence-corrected chi connectivity index (χ0v) is 17.7. The highest BCUT2D eigenvalue weighted by atomic mass is 16.5. The number of carbonyl (C=O) groups excluding carboxylic acids is 1. The molecule has 0 spiro atoms. The first-order chi connectivity index (χ1) is 13.7. The number of aliphatic hydroxyl groups is 1. The Bertz CT molecular complexity index is 504. The first-order valence-electron chi connectivity index (χ1n) is 11.5. The zero-order chi connectivity index (χ0) is 19.9. The summed E-state index contributed by atoms with van der Waals surface area (Å²) in [4.78, 5) is 17.4. The fraction of sp³-hybridized carbons (Fsp3) is 0.870. The third-order valence-corrected chi connectivity index (χ3v) is 7.34. The normalized spacial score (nSPS) is 32.4. The molecule has 2 saturated carbocycles. The van der Waals surface area contributed by atoms with Gasteiger partial charge >= 0.3 is 0 Å². The van der Waals surface area contributed by atoms with Gasteiger partial charge in [0.05, 0.1) is 0 Å². The highest BCUT2D eigenvalue weighted by Gasteiger charge is 2.38. The summed E-state index contributed by atoms with van der Waals surface area (Å²) in [5.41, 5.74) is 0. The summed E-state index contributed by atoms with van der Waals surface area (Å²) in [7, 11) is 0. The highest BCUT2D eigenvalue weighted by molar-refractivity contribution is 5.78. The summed E-state index contributed by atoms with van der Waals surface area (Å²) < 4.78 is 5.63. The first-order valence-corrected chi connectivity index (χ1v) is 11.5. The van der Waals surface area contributed by atoms with E-state index in [0.717, 1.165) is 52.0 Å². The van der Waals surface area contributed by atoms with Crippen molar-refractivity contribution < 1.29 is 14.6 Å². The molecule has 1 saturated heterocycles. The van der Waals surface area contributed by atoms with Crippen molar-refractivity contribution in [3.8, 4) is 0 Å². The number of aliphatic hydroxyl groups excluding tert-OH is 1. The molecule has 1 N–H and O–H groups in total. The fourth-order valence-electron chi connectivity index (χ4n) is 5.85. The van der Waals surface area contributed by atoms with Crippen LogP contribution in [0, 0.1) is 11.8 Å². The SMILES string of the molecule is C=CC1CCCCC1N(C(=O)CO)C1CCN([C@@H]2CC[C@H](COCC)C2)CC1. The van der Waals surface area contributed by atoms with Gasteiger partial charge in [-0.05, 0) is 63.7 Å². The molecule has 160 valence electrons. The van der Waals surface area contributed by atoms with Crippen molar-refractivity contribution in [1.82, 2.24) is 9.80 Å². The minimum absolute atomic E-state index is 0.0881. The third-order valence-electron chi connectivity index (χ3n) is 7.34. The molecule has 3 fully saturated rings. The monoisotopic (exact) mass is 392 g/mol. The van der Waals surface area contributed by atoms with Crippen molar-refractivity contribution in [2.75, 3.05) is 32.9 Å². The van der Waals surface area contributed by atoms with Gasteiger partial charge in [0.1, 0.15) is 6.61 Å². The number of likely N-dealkylation sites (tertiary alicyclic amines) is 1. The summed E-state index contributed by atoms with van der Waals surface area (Å²) in [6, 6.07) is 1.18. The van der Waals surface area contributed by atoms with Crippen molar-refractivity contribution in [3.05, 3.63) is 12.7 Å². The molecule has 0 bridgehead atoms. The van der Waals surface area contributed by atoms with Crippen LogP contribution in [0.15, 0.2) is 12.7 Å². The molecule has 5 nitrogen and oxygen atoms in total. The molecular weight excluding hydrogens is 352 g/mol. The number of hydrogen-bond acceptors (Lipinski definition) is 4. The van der Waals surface area contributed by atoms with Crippen LogP contribution < -0.4 is 0 Å². The Labute approximate surface area is 171 Å². The van der Waals surface area contributed by atoms with Gasteiger partial charge in [-0.2, -0.15) is 0 Å². The van der Waals surface area contributed by atoms with Gasteiger partial charge < -0.3 is 19.6 Å². The van der Waals surface area contributed by atoms with E-state index in [9.17, 15) is 9.90 Å². The molecule has 28 heavy (non-hydrogen) atoms. The largest absolute Gasteiger partial charge is 0.387 e. The smallest absolute Gasteiger partial charge is 0.248 e. The summed E-state index contributed by atoms with van der Waals surface area (Å²) in [5, 5.41) is 9.61. The predicted octanol–water partition coefficient (Wildman–Crippen LogP) is 3.22. The molecule has 0 aromatic carbocycles. The van der Waals surface area contributed by atoms with Crippen LogP contribution in [0.3, 0.4) is 0 Å². The average molecular weight is 393 g/mol. The van der Waals surface area contributed by atoms with Gasteiger partial charge in [-0.1, -0.05) is 18.9 Å². The Morgan fingerprint density at radius 3 is 2.61 bits per heavy atom. The molecule has 3 aliphatic rings. The number of nitrogens with zero attached hydrogens (tertiary/aromatic N) is 2.